The summed E-state index contributed by atoms with van der Waals surface area (Å²) in [7, 11) is 3.46. The van der Waals surface area contributed by atoms with E-state index in [9.17, 15) is 9.59 Å². The van der Waals surface area contributed by atoms with Gasteiger partial charge in [-0.3, -0.25) is 14.5 Å². The predicted molar refractivity (Wildman–Crippen MR) is 195 cm³/mol. The fourth-order valence-electron chi connectivity index (χ4n) is 5.96. The number of hydrogen-bond acceptors (Lipinski definition) is 7. The van der Waals surface area contributed by atoms with E-state index in [4.69, 9.17) is 26.1 Å². The Kier molecular flexibility index (Phi) is 11.0. The van der Waals surface area contributed by atoms with E-state index in [1.54, 1.807) is 25.1 Å². The van der Waals surface area contributed by atoms with Gasteiger partial charge in [-0.1, -0.05) is 54.1 Å². The number of likely N-dealkylation sites (N-methyl/N-ethyl adjacent to an activating group) is 1. The highest BCUT2D eigenvalue weighted by Gasteiger charge is 2.28. The molecule has 5 aromatic rings. The van der Waals surface area contributed by atoms with Crippen molar-refractivity contribution in [2.75, 3.05) is 51.8 Å². The molecule has 0 atom stereocenters. The summed E-state index contributed by atoms with van der Waals surface area (Å²) in [4.78, 5) is 37.6. The number of piperazine rings is 1. The number of halogens is 1. The first-order chi connectivity index (χ1) is 23.8. The lowest BCUT2D eigenvalue weighted by Gasteiger charge is -2.35. The number of aryl methyl sites for hydroxylation is 1. The molecule has 3 heterocycles. The van der Waals surface area contributed by atoms with E-state index >= 15 is 0 Å². The predicted octanol–water partition coefficient (Wildman–Crippen LogP) is 6.82. The van der Waals surface area contributed by atoms with Crippen molar-refractivity contribution in [3.8, 4) is 22.9 Å². The van der Waals surface area contributed by atoms with Crippen molar-refractivity contribution in [2.24, 2.45) is 0 Å². The van der Waals surface area contributed by atoms with Crippen molar-refractivity contribution in [3.63, 3.8) is 0 Å². The second-order valence-electron chi connectivity index (χ2n) is 12.0. The first kappa shape index (κ1) is 34.2. The zero-order valence-corrected chi connectivity index (χ0v) is 29.5. The second kappa shape index (κ2) is 15.7. The summed E-state index contributed by atoms with van der Waals surface area (Å²) in [5.41, 5.74) is 5.29. The van der Waals surface area contributed by atoms with Crippen molar-refractivity contribution in [1.29, 1.82) is 0 Å². The Morgan fingerprint density at radius 3 is 2.39 bits per heavy atom. The van der Waals surface area contributed by atoms with E-state index in [-0.39, 0.29) is 11.8 Å². The Labute approximate surface area is 296 Å². The SMILES string of the molecule is COc1ccc(CCn2c(-c3csc(COc4ccccc4Cl)n3)cc(C(=O)N3CCN(CC(=O)N(C)c4ccccc4)CC3)c2C)cc1. The van der Waals surface area contributed by atoms with Crippen LogP contribution in [-0.4, -0.2) is 78.0 Å². The van der Waals surface area contributed by atoms with Crippen molar-refractivity contribution >= 4 is 40.4 Å². The number of amides is 2. The largest absolute Gasteiger partial charge is 0.497 e. The van der Waals surface area contributed by atoms with Gasteiger partial charge in [0.25, 0.3) is 5.91 Å². The smallest absolute Gasteiger partial charge is 0.255 e. The minimum Gasteiger partial charge on any atom is -0.497 e. The molecule has 49 heavy (non-hydrogen) atoms. The Morgan fingerprint density at radius 1 is 0.959 bits per heavy atom. The number of thiazole rings is 1. The molecule has 0 aliphatic carbocycles. The minimum atomic E-state index is -0.00756. The molecule has 2 amide bonds. The lowest BCUT2D eigenvalue weighted by molar-refractivity contribution is -0.119. The number of rotatable bonds is 12. The van der Waals surface area contributed by atoms with Crippen LogP contribution < -0.4 is 14.4 Å². The molecule has 1 fully saturated rings. The van der Waals surface area contributed by atoms with Crippen LogP contribution in [-0.2, 0) is 24.4 Å². The van der Waals surface area contributed by atoms with E-state index in [2.05, 4.69) is 21.6 Å². The van der Waals surface area contributed by atoms with Gasteiger partial charge < -0.3 is 23.8 Å². The molecule has 254 valence electrons. The average molecular weight is 698 g/mol. The van der Waals surface area contributed by atoms with Crippen LogP contribution in [0.15, 0.2) is 90.3 Å². The molecule has 0 N–H and O–H groups in total. The molecule has 0 spiro atoms. The first-order valence-electron chi connectivity index (χ1n) is 16.3. The monoisotopic (exact) mass is 697 g/mol. The Bertz CT molecular complexity index is 1880. The van der Waals surface area contributed by atoms with Gasteiger partial charge in [0, 0.05) is 56.5 Å². The van der Waals surface area contributed by atoms with Crippen LogP contribution in [0.3, 0.4) is 0 Å². The molecule has 9 nitrogen and oxygen atoms in total. The normalized spacial score (nSPS) is 13.3. The fourth-order valence-corrected chi connectivity index (χ4v) is 6.85. The number of para-hydroxylation sites is 2. The number of nitrogens with zero attached hydrogens (tertiary/aromatic N) is 5. The van der Waals surface area contributed by atoms with Gasteiger partial charge in [0.05, 0.1) is 35.6 Å². The van der Waals surface area contributed by atoms with E-state index in [1.807, 2.05) is 83.9 Å². The average Bonchev–Trinajstić information content (AvgIpc) is 3.74. The maximum atomic E-state index is 14.0. The second-order valence-corrected chi connectivity index (χ2v) is 13.3. The molecule has 1 aliphatic rings. The molecule has 3 aromatic carbocycles. The highest BCUT2D eigenvalue weighted by Crippen LogP contribution is 2.30. The Morgan fingerprint density at radius 2 is 1.67 bits per heavy atom. The molecule has 0 bridgehead atoms. The summed E-state index contributed by atoms with van der Waals surface area (Å²) in [6.45, 7) is 5.64. The number of anilines is 1. The van der Waals surface area contributed by atoms with E-state index < -0.39 is 0 Å². The van der Waals surface area contributed by atoms with Crippen LogP contribution in [0.5, 0.6) is 11.5 Å². The molecule has 0 unspecified atom stereocenters. The summed E-state index contributed by atoms with van der Waals surface area (Å²) in [5, 5.41) is 3.38. The minimum absolute atomic E-state index is 0.00756. The summed E-state index contributed by atoms with van der Waals surface area (Å²) < 4.78 is 13.5. The van der Waals surface area contributed by atoms with Gasteiger partial charge in [-0.15, -0.1) is 11.3 Å². The third kappa shape index (κ3) is 8.16. The number of carbonyl (C=O) groups excluding carboxylic acids is 2. The molecule has 1 aliphatic heterocycles. The number of benzene rings is 3. The van der Waals surface area contributed by atoms with Gasteiger partial charge in [0.2, 0.25) is 5.91 Å². The van der Waals surface area contributed by atoms with Crippen LogP contribution in [0.2, 0.25) is 5.02 Å². The molecule has 0 saturated carbocycles. The molecule has 11 heteroatoms. The van der Waals surface area contributed by atoms with Crippen LogP contribution in [0, 0.1) is 6.92 Å². The van der Waals surface area contributed by atoms with E-state index in [1.165, 1.54) is 16.9 Å². The van der Waals surface area contributed by atoms with Crippen LogP contribution in [0.4, 0.5) is 5.69 Å². The van der Waals surface area contributed by atoms with Crippen molar-refractivity contribution in [2.45, 2.75) is 26.5 Å². The Balaban J connectivity index is 1.17. The van der Waals surface area contributed by atoms with Crippen molar-refractivity contribution in [1.82, 2.24) is 19.4 Å². The van der Waals surface area contributed by atoms with Gasteiger partial charge in [-0.2, -0.15) is 0 Å². The number of aromatic nitrogens is 2. The molecule has 2 aromatic heterocycles. The quantitative estimate of drug-likeness (QED) is 0.142. The third-order valence-corrected chi connectivity index (χ3v) is 10.1. The summed E-state index contributed by atoms with van der Waals surface area (Å²) in [6, 6.07) is 27.1. The standard InChI is InChI=1S/C38H40ClN5O4S/c1-27-31(38(46)43-21-19-42(20-22-43)24-37(45)41(2)29-9-5-4-6-10-29)23-34(44(27)18-17-28-13-15-30(47-3)16-14-28)33-26-49-36(40-33)25-48-35-12-8-7-11-32(35)39/h4-16,23,26H,17-22,24-25H2,1-3H3. The molecule has 6 rings (SSSR count). The molecule has 1 saturated heterocycles. The lowest BCUT2D eigenvalue weighted by Crippen LogP contribution is -2.51. The van der Waals surface area contributed by atoms with Gasteiger partial charge in [-0.25, -0.2) is 4.98 Å². The fraction of sp³-hybridized carbons (Fsp3) is 0.289. The van der Waals surface area contributed by atoms with Crippen LogP contribution >= 0.6 is 22.9 Å². The highest BCUT2D eigenvalue weighted by molar-refractivity contribution is 7.09. The van der Waals surface area contributed by atoms with E-state index in [0.717, 1.165) is 39.9 Å². The highest BCUT2D eigenvalue weighted by atomic mass is 35.5. The molecular weight excluding hydrogens is 658 g/mol. The number of methoxy groups -OCH3 is 1. The van der Waals surface area contributed by atoms with E-state index in [0.29, 0.717) is 62.2 Å². The molecule has 0 radical (unpaired) electrons. The van der Waals surface area contributed by atoms with Crippen molar-refractivity contribution < 1.29 is 19.1 Å². The maximum Gasteiger partial charge on any atom is 0.255 e. The van der Waals surface area contributed by atoms with Crippen LogP contribution in [0.1, 0.15) is 26.6 Å². The number of ether oxygens (including phenoxy) is 2. The first-order valence-corrected chi connectivity index (χ1v) is 17.5. The molecular formula is C38H40ClN5O4S. The van der Waals surface area contributed by atoms with Gasteiger partial charge >= 0.3 is 0 Å². The lowest BCUT2D eigenvalue weighted by atomic mass is 10.1. The maximum absolute atomic E-state index is 14.0. The third-order valence-electron chi connectivity index (χ3n) is 8.92. The summed E-state index contributed by atoms with van der Waals surface area (Å²) in [6.07, 6.45) is 0.775. The summed E-state index contributed by atoms with van der Waals surface area (Å²) >= 11 is 7.80. The number of carbonyl (C=O) groups is 2. The van der Waals surface area contributed by atoms with Crippen molar-refractivity contribution in [3.05, 3.63) is 117 Å². The van der Waals surface area contributed by atoms with Gasteiger partial charge in [0.1, 0.15) is 23.1 Å². The zero-order valence-electron chi connectivity index (χ0n) is 28.0. The summed E-state index contributed by atoms with van der Waals surface area (Å²) in [5.74, 6) is 1.45. The van der Waals surface area contributed by atoms with Crippen LogP contribution in [0.25, 0.3) is 11.4 Å². The van der Waals surface area contributed by atoms with Gasteiger partial charge in [-0.05, 0) is 61.4 Å². The van der Waals surface area contributed by atoms with Gasteiger partial charge in [0.15, 0.2) is 0 Å². The Hall–Kier alpha value is -4.64. The zero-order chi connectivity index (χ0) is 34.3. The topological polar surface area (TPSA) is 80.1 Å². The number of hydrogen-bond donors (Lipinski definition) is 0.